The van der Waals surface area contributed by atoms with Crippen molar-refractivity contribution >= 4 is 40.7 Å². The summed E-state index contributed by atoms with van der Waals surface area (Å²) in [7, 11) is 1.28. The molecule has 172 valence electrons. The van der Waals surface area contributed by atoms with Crippen LogP contribution in [-0.4, -0.2) is 59.6 Å². The van der Waals surface area contributed by atoms with Gasteiger partial charge in [-0.25, -0.2) is 9.18 Å². The van der Waals surface area contributed by atoms with Crippen molar-refractivity contribution in [3.63, 3.8) is 0 Å². The Bertz CT molecular complexity index is 1330. The third-order valence-corrected chi connectivity index (χ3v) is 6.10. The average molecular weight is 471 g/mol. The van der Waals surface area contributed by atoms with Crippen LogP contribution in [0.1, 0.15) is 16.8 Å². The topological polar surface area (TPSA) is 87.6 Å². The number of hydrogen-bond donors (Lipinski definition) is 1. The highest BCUT2D eigenvalue weighted by Gasteiger charge is 2.23. The third-order valence-electron chi connectivity index (χ3n) is 5.78. The van der Waals surface area contributed by atoms with E-state index in [9.17, 15) is 18.8 Å². The number of amides is 1. The molecule has 0 radical (unpaired) electrons. The van der Waals surface area contributed by atoms with Crippen LogP contribution in [-0.2, 0) is 16.1 Å². The number of nitrogens with one attached hydrogen (secondary N) is 1. The largest absolute Gasteiger partial charge is 0.465 e. The quantitative estimate of drug-likeness (QED) is 0.456. The van der Waals surface area contributed by atoms with Crippen LogP contribution < -0.4 is 10.5 Å². The Kier molecular flexibility index (Phi) is 6.55. The molecular formula is C23H23FN4O4S. The molecule has 0 bridgehead atoms. The number of hydrogen-bond acceptors (Lipinski definition) is 6. The summed E-state index contributed by atoms with van der Waals surface area (Å²) in [5.41, 5.74) is 0.938. The van der Waals surface area contributed by atoms with Crippen LogP contribution in [0.4, 0.5) is 10.1 Å². The molecule has 1 amide bonds. The third kappa shape index (κ3) is 4.65. The van der Waals surface area contributed by atoms with Gasteiger partial charge in [0.15, 0.2) is 4.77 Å². The molecule has 2 aromatic carbocycles. The van der Waals surface area contributed by atoms with Crippen LogP contribution in [0, 0.1) is 10.6 Å². The Morgan fingerprint density at radius 1 is 1.12 bits per heavy atom. The van der Waals surface area contributed by atoms with Crippen LogP contribution in [0.3, 0.4) is 0 Å². The van der Waals surface area contributed by atoms with Crippen molar-refractivity contribution in [3.8, 4) is 0 Å². The molecule has 0 saturated carbocycles. The minimum atomic E-state index is -0.513. The van der Waals surface area contributed by atoms with Crippen molar-refractivity contribution in [1.29, 1.82) is 0 Å². The fourth-order valence-corrected chi connectivity index (χ4v) is 4.26. The van der Waals surface area contributed by atoms with E-state index in [0.29, 0.717) is 48.3 Å². The second kappa shape index (κ2) is 9.53. The molecule has 1 fully saturated rings. The molecule has 0 spiro atoms. The number of aromatic amines is 1. The van der Waals surface area contributed by atoms with Gasteiger partial charge >= 0.3 is 5.97 Å². The number of benzene rings is 2. The molecule has 1 N–H and O–H groups in total. The first-order chi connectivity index (χ1) is 15.9. The van der Waals surface area contributed by atoms with Gasteiger partial charge in [0.05, 0.1) is 29.3 Å². The SMILES string of the molecule is COC(=O)c1ccc2c(=O)n(CCC(=O)N3CCN(c4ccccc4F)CC3)c(=S)[nH]c2c1. The van der Waals surface area contributed by atoms with E-state index < -0.39 is 5.97 Å². The number of anilines is 1. The monoisotopic (exact) mass is 470 g/mol. The number of H-pyrrole nitrogens is 1. The highest BCUT2D eigenvalue weighted by molar-refractivity contribution is 7.71. The number of aromatic nitrogens is 2. The van der Waals surface area contributed by atoms with Gasteiger partial charge in [0.1, 0.15) is 5.82 Å². The Morgan fingerprint density at radius 3 is 2.55 bits per heavy atom. The average Bonchev–Trinajstić information content (AvgIpc) is 2.83. The highest BCUT2D eigenvalue weighted by atomic mass is 32.1. The van der Waals surface area contributed by atoms with Gasteiger partial charge in [0.25, 0.3) is 5.56 Å². The maximum absolute atomic E-state index is 14.0. The number of esters is 1. The zero-order valence-electron chi connectivity index (χ0n) is 18.0. The minimum Gasteiger partial charge on any atom is -0.465 e. The molecule has 0 unspecified atom stereocenters. The normalized spacial score (nSPS) is 13.9. The molecule has 10 heteroatoms. The lowest BCUT2D eigenvalue weighted by Gasteiger charge is -2.36. The van der Waals surface area contributed by atoms with E-state index in [2.05, 4.69) is 4.98 Å². The highest BCUT2D eigenvalue weighted by Crippen LogP contribution is 2.20. The number of nitrogens with zero attached hydrogens (tertiary/aromatic N) is 3. The van der Waals surface area contributed by atoms with E-state index in [-0.39, 0.29) is 35.0 Å². The van der Waals surface area contributed by atoms with Crippen molar-refractivity contribution in [1.82, 2.24) is 14.5 Å². The lowest BCUT2D eigenvalue weighted by Crippen LogP contribution is -2.49. The first-order valence-corrected chi connectivity index (χ1v) is 10.9. The van der Waals surface area contributed by atoms with Crippen molar-refractivity contribution in [2.75, 3.05) is 38.2 Å². The van der Waals surface area contributed by atoms with Gasteiger partial charge in [-0.1, -0.05) is 12.1 Å². The number of piperazine rings is 1. The van der Waals surface area contributed by atoms with Crippen LogP contribution in [0.15, 0.2) is 47.3 Å². The van der Waals surface area contributed by atoms with E-state index in [0.717, 1.165) is 0 Å². The zero-order chi connectivity index (χ0) is 23.5. The molecular weight excluding hydrogens is 447 g/mol. The van der Waals surface area contributed by atoms with Gasteiger partial charge < -0.3 is 19.5 Å². The van der Waals surface area contributed by atoms with E-state index in [1.54, 1.807) is 23.1 Å². The van der Waals surface area contributed by atoms with E-state index in [1.807, 2.05) is 4.90 Å². The summed E-state index contributed by atoms with van der Waals surface area (Å²) < 4.78 is 20.2. The summed E-state index contributed by atoms with van der Waals surface area (Å²) in [6, 6.07) is 11.2. The summed E-state index contributed by atoms with van der Waals surface area (Å²) >= 11 is 5.32. The lowest BCUT2D eigenvalue weighted by molar-refractivity contribution is -0.131. The van der Waals surface area contributed by atoms with Crippen LogP contribution >= 0.6 is 12.2 Å². The Hall–Kier alpha value is -3.53. The van der Waals surface area contributed by atoms with E-state index in [4.69, 9.17) is 17.0 Å². The fraction of sp³-hybridized carbons (Fsp3) is 0.304. The lowest BCUT2D eigenvalue weighted by atomic mass is 10.1. The van der Waals surface area contributed by atoms with Gasteiger partial charge in [-0.3, -0.25) is 14.2 Å². The molecule has 1 aliphatic heterocycles. The molecule has 0 atom stereocenters. The molecule has 1 aromatic heterocycles. The summed E-state index contributed by atoms with van der Waals surface area (Å²) in [5.74, 6) is -0.882. The molecule has 4 rings (SSSR count). The summed E-state index contributed by atoms with van der Waals surface area (Å²) in [4.78, 5) is 44.0. The van der Waals surface area contributed by atoms with Crippen LogP contribution in [0.25, 0.3) is 10.9 Å². The molecule has 8 nitrogen and oxygen atoms in total. The minimum absolute atomic E-state index is 0.0920. The molecule has 33 heavy (non-hydrogen) atoms. The van der Waals surface area contributed by atoms with Crippen LogP contribution in [0.2, 0.25) is 0 Å². The van der Waals surface area contributed by atoms with E-state index >= 15 is 0 Å². The van der Waals surface area contributed by atoms with E-state index in [1.165, 1.54) is 35.9 Å². The van der Waals surface area contributed by atoms with Crippen molar-refractivity contribution in [2.45, 2.75) is 13.0 Å². The molecule has 1 saturated heterocycles. The standard InChI is InChI=1S/C23H23FN4O4S/c1-32-22(31)15-6-7-16-18(14-15)25-23(33)28(21(16)30)9-8-20(29)27-12-10-26(11-13-27)19-5-3-2-4-17(19)24/h2-7,14H,8-13H2,1H3,(H,25,33). The van der Waals surface area contributed by atoms with Crippen molar-refractivity contribution < 1.29 is 18.7 Å². The van der Waals surface area contributed by atoms with Gasteiger partial charge in [0.2, 0.25) is 5.91 Å². The second-order valence-corrected chi connectivity index (χ2v) is 8.09. The predicted molar refractivity (Wildman–Crippen MR) is 125 cm³/mol. The first kappa shape index (κ1) is 22.7. The second-order valence-electron chi connectivity index (χ2n) is 7.71. The Balaban J connectivity index is 1.43. The maximum Gasteiger partial charge on any atom is 0.337 e. The summed E-state index contributed by atoms with van der Waals surface area (Å²) in [5, 5.41) is 0.363. The number of fused-ring (bicyclic) bond motifs is 1. The van der Waals surface area contributed by atoms with Crippen molar-refractivity contribution in [3.05, 3.63) is 69.0 Å². The molecule has 1 aliphatic rings. The smallest absolute Gasteiger partial charge is 0.337 e. The summed E-state index contributed by atoms with van der Waals surface area (Å²) in [6.45, 7) is 2.15. The predicted octanol–water partition coefficient (Wildman–Crippen LogP) is 2.72. The Morgan fingerprint density at radius 2 is 1.85 bits per heavy atom. The molecule has 3 aromatic rings. The van der Waals surface area contributed by atoms with Gasteiger partial charge in [-0.2, -0.15) is 0 Å². The number of methoxy groups -OCH3 is 1. The zero-order valence-corrected chi connectivity index (χ0v) is 18.9. The first-order valence-electron chi connectivity index (χ1n) is 10.5. The van der Waals surface area contributed by atoms with Crippen LogP contribution in [0.5, 0.6) is 0 Å². The maximum atomic E-state index is 14.0. The number of ether oxygens (including phenoxy) is 1. The number of halogens is 1. The molecule has 0 aliphatic carbocycles. The molecule has 2 heterocycles. The fourth-order valence-electron chi connectivity index (χ4n) is 3.97. The van der Waals surface area contributed by atoms with Gasteiger partial charge in [0, 0.05) is 39.1 Å². The number of para-hydroxylation sites is 1. The number of carbonyl (C=O) groups excluding carboxylic acids is 2. The van der Waals surface area contributed by atoms with Gasteiger partial charge in [-0.15, -0.1) is 0 Å². The summed E-state index contributed by atoms with van der Waals surface area (Å²) in [6.07, 6.45) is 0.114. The number of carbonyl (C=O) groups is 2. The Labute approximate surface area is 194 Å². The van der Waals surface area contributed by atoms with Gasteiger partial charge in [-0.05, 0) is 42.5 Å². The van der Waals surface area contributed by atoms with Crippen molar-refractivity contribution in [2.24, 2.45) is 0 Å². The number of rotatable bonds is 5.